The predicted molar refractivity (Wildman–Crippen MR) is 83.5 cm³/mol. The normalized spacial score (nSPS) is 10.7. The van der Waals surface area contributed by atoms with E-state index in [1.165, 1.54) is 0 Å². The Labute approximate surface area is 122 Å². The van der Waals surface area contributed by atoms with E-state index in [9.17, 15) is 4.79 Å². The van der Waals surface area contributed by atoms with E-state index in [0.29, 0.717) is 12.1 Å². The van der Waals surface area contributed by atoms with Crippen LogP contribution in [0.2, 0.25) is 0 Å². The van der Waals surface area contributed by atoms with Crippen LogP contribution in [0.25, 0.3) is 10.8 Å². The second kappa shape index (κ2) is 5.47. The Hall–Kier alpha value is -2.13. The van der Waals surface area contributed by atoms with Gasteiger partial charge in [-0.15, -0.1) is 12.6 Å². The molecule has 3 aromatic rings. The Morgan fingerprint density at radius 2 is 1.80 bits per heavy atom. The SMILES string of the molecule is O=C(Cc1c(S)ccc2ccccc12)c1ccccn1. The third-order valence-electron chi connectivity index (χ3n) is 3.30. The molecule has 0 fully saturated rings. The molecule has 3 rings (SSSR count). The number of fused-ring (bicyclic) bond motifs is 1. The monoisotopic (exact) mass is 279 g/mol. The third kappa shape index (κ3) is 2.45. The van der Waals surface area contributed by atoms with Crippen molar-refractivity contribution >= 4 is 29.2 Å². The maximum atomic E-state index is 12.3. The van der Waals surface area contributed by atoms with Crippen LogP contribution in [0.1, 0.15) is 16.1 Å². The lowest BCUT2D eigenvalue weighted by atomic mass is 9.99. The minimum Gasteiger partial charge on any atom is -0.292 e. The number of nitrogens with zero attached hydrogens (tertiary/aromatic N) is 1. The minimum atomic E-state index is 0.0113. The lowest BCUT2D eigenvalue weighted by Gasteiger charge is -2.09. The number of Topliss-reactive ketones (excluding diaryl/α,β-unsaturated/α-hetero) is 1. The zero-order chi connectivity index (χ0) is 13.9. The quantitative estimate of drug-likeness (QED) is 0.581. The molecule has 0 unspecified atom stereocenters. The molecule has 0 amide bonds. The van der Waals surface area contributed by atoms with Gasteiger partial charge in [-0.25, -0.2) is 0 Å². The van der Waals surface area contributed by atoms with Gasteiger partial charge in [0.2, 0.25) is 0 Å². The van der Waals surface area contributed by atoms with Crippen LogP contribution in [0.4, 0.5) is 0 Å². The van der Waals surface area contributed by atoms with E-state index in [0.717, 1.165) is 21.2 Å². The highest BCUT2D eigenvalue weighted by atomic mass is 32.1. The molecule has 0 aliphatic heterocycles. The highest BCUT2D eigenvalue weighted by molar-refractivity contribution is 7.80. The average molecular weight is 279 g/mol. The first kappa shape index (κ1) is 12.9. The fraction of sp³-hybridized carbons (Fsp3) is 0.0588. The van der Waals surface area contributed by atoms with Crippen molar-refractivity contribution in [1.29, 1.82) is 0 Å². The van der Waals surface area contributed by atoms with Crippen LogP contribution in [-0.2, 0) is 6.42 Å². The lowest BCUT2D eigenvalue weighted by Crippen LogP contribution is -2.06. The van der Waals surface area contributed by atoms with Gasteiger partial charge in [0.1, 0.15) is 5.69 Å². The first-order chi connectivity index (χ1) is 9.75. The van der Waals surface area contributed by atoms with E-state index in [4.69, 9.17) is 0 Å². The molecule has 0 radical (unpaired) electrons. The van der Waals surface area contributed by atoms with Crippen molar-refractivity contribution in [3.05, 3.63) is 72.1 Å². The fourth-order valence-corrected chi connectivity index (χ4v) is 2.56. The van der Waals surface area contributed by atoms with Gasteiger partial charge in [-0.1, -0.05) is 36.4 Å². The maximum absolute atomic E-state index is 12.3. The lowest BCUT2D eigenvalue weighted by molar-refractivity contribution is 0.0988. The van der Waals surface area contributed by atoms with Crippen molar-refractivity contribution in [3.63, 3.8) is 0 Å². The molecule has 0 aliphatic rings. The van der Waals surface area contributed by atoms with E-state index in [1.54, 1.807) is 18.3 Å². The van der Waals surface area contributed by atoms with Gasteiger partial charge in [0.05, 0.1) is 0 Å². The van der Waals surface area contributed by atoms with Gasteiger partial charge >= 0.3 is 0 Å². The van der Waals surface area contributed by atoms with Gasteiger partial charge in [0.25, 0.3) is 0 Å². The van der Waals surface area contributed by atoms with E-state index in [1.807, 2.05) is 42.5 Å². The van der Waals surface area contributed by atoms with Crippen LogP contribution in [0, 0.1) is 0 Å². The summed E-state index contributed by atoms with van der Waals surface area (Å²) in [5, 5.41) is 2.19. The average Bonchev–Trinajstić information content (AvgIpc) is 2.51. The van der Waals surface area contributed by atoms with Crippen molar-refractivity contribution in [3.8, 4) is 0 Å². The summed E-state index contributed by atoms with van der Waals surface area (Å²) >= 11 is 4.49. The van der Waals surface area contributed by atoms with Crippen molar-refractivity contribution < 1.29 is 4.79 Å². The molecule has 1 aromatic heterocycles. The van der Waals surface area contributed by atoms with Crippen LogP contribution >= 0.6 is 12.6 Å². The highest BCUT2D eigenvalue weighted by Gasteiger charge is 2.12. The van der Waals surface area contributed by atoms with E-state index >= 15 is 0 Å². The fourth-order valence-electron chi connectivity index (χ4n) is 2.29. The van der Waals surface area contributed by atoms with E-state index in [-0.39, 0.29) is 5.78 Å². The minimum absolute atomic E-state index is 0.0113. The number of pyridine rings is 1. The third-order valence-corrected chi connectivity index (χ3v) is 3.72. The van der Waals surface area contributed by atoms with Crippen LogP contribution in [-0.4, -0.2) is 10.8 Å². The second-order valence-electron chi connectivity index (χ2n) is 4.60. The topological polar surface area (TPSA) is 30.0 Å². The van der Waals surface area contributed by atoms with Crippen molar-refractivity contribution in [1.82, 2.24) is 4.98 Å². The number of aromatic nitrogens is 1. The van der Waals surface area contributed by atoms with Crippen LogP contribution in [0.15, 0.2) is 65.7 Å². The second-order valence-corrected chi connectivity index (χ2v) is 5.08. The van der Waals surface area contributed by atoms with E-state index in [2.05, 4.69) is 17.6 Å². The van der Waals surface area contributed by atoms with Crippen LogP contribution in [0.3, 0.4) is 0 Å². The van der Waals surface area contributed by atoms with Gasteiger partial charge in [-0.2, -0.15) is 0 Å². The zero-order valence-corrected chi connectivity index (χ0v) is 11.7. The number of benzene rings is 2. The molecule has 3 heteroatoms. The first-order valence-corrected chi connectivity index (χ1v) is 6.84. The molecule has 0 spiro atoms. The van der Waals surface area contributed by atoms with E-state index < -0.39 is 0 Å². The van der Waals surface area contributed by atoms with Crippen LogP contribution < -0.4 is 0 Å². The van der Waals surface area contributed by atoms with Gasteiger partial charge in [0, 0.05) is 17.5 Å². The van der Waals surface area contributed by atoms with Gasteiger partial charge in [-0.05, 0) is 34.5 Å². The van der Waals surface area contributed by atoms with Crippen molar-refractivity contribution in [2.75, 3.05) is 0 Å². The molecule has 0 aliphatic carbocycles. The molecule has 0 saturated heterocycles. The number of hydrogen-bond donors (Lipinski definition) is 1. The maximum Gasteiger partial charge on any atom is 0.185 e. The number of ketones is 1. The molecular weight excluding hydrogens is 266 g/mol. The molecule has 1 heterocycles. The summed E-state index contributed by atoms with van der Waals surface area (Å²) in [5.41, 5.74) is 1.45. The Morgan fingerprint density at radius 3 is 2.60 bits per heavy atom. The summed E-state index contributed by atoms with van der Waals surface area (Å²) in [4.78, 5) is 17.3. The highest BCUT2D eigenvalue weighted by Crippen LogP contribution is 2.26. The molecule has 98 valence electrons. The largest absolute Gasteiger partial charge is 0.292 e. The summed E-state index contributed by atoms with van der Waals surface area (Å²) in [6.07, 6.45) is 1.95. The zero-order valence-electron chi connectivity index (χ0n) is 10.8. The number of thiol groups is 1. The van der Waals surface area contributed by atoms with Gasteiger partial charge < -0.3 is 0 Å². The smallest absolute Gasteiger partial charge is 0.185 e. The molecule has 20 heavy (non-hydrogen) atoms. The molecular formula is C17H13NOS. The summed E-state index contributed by atoms with van der Waals surface area (Å²) in [5.74, 6) is 0.0113. The van der Waals surface area contributed by atoms with Crippen molar-refractivity contribution in [2.45, 2.75) is 11.3 Å². The summed E-state index contributed by atoms with van der Waals surface area (Å²) in [7, 11) is 0. The number of rotatable bonds is 3. The molecule has 2 aromatic carbocycles. The Balaban J connectivity index is 2.03. The summed E-state index contributed by atoms with van der Waals surface area (Å²) < 4.78 is 0. The predicted octanol–water partition coefficient (Wildman–Crippen LogP) is 3.95. The Kier molecular flexibility index (Phi) is 3.52. The van der Waals surface area contributed by atoms with Crippen LogP contribution in [0.5, 0.6) is 0 Å². The number of carbonyl (C=O) groups excluding carboxylic acids is 1. The van der Waals surface area contributed by atoms with Crippen molar-refractivity contribution in [2.24, 2.45) is 0 Å². The summed E-state index contributed by atoms with van der Waals surface area (Å²) in [6.45, 7) is 0. The van der Waals surface area contributed by atoms with Gasteiger partial charge in [-0.3, -0.25) is 9.78 Å². The molecule has 0 saturated carbocycles. The van der Waals surface area contributed by atoms with Gasteiger partial charge in [0.15, 0.2) is 5.78 Å². The number of hydrogen-bond acceptors (Lipinski definition) is 3. The first-order valence-electron chi connectivity index (χ1n) is 6.39. The molecule has 2 nitrogen and oxygen atoms in total. The summed E-state index contributed by atoms with van der Waals surface area (Å²) in [6, 6.07) is 17.4. The Bertz CT molecular complexity index is 768. The number of carbonyl (C=O) groups is 1. The Morgan fingerprint density at radius 1 is 1.00 bits per heavy atom. The standard InChI is InChI=1S/C17H13NOS/c19-16(15-7-3-4-10-18-15)11-14-13-6-2-1-5-12(13)8-9-17(14)20/h1-10,20H,11H2. The molecule has 0 atom stereocenters. The molecule has 0 bridgehead atoms. The molecule has 0 N–H and O–H groups in total.